The van der Waals surface area contributed by atoms with Gasteiger partial charge in [0.2, 0.25) is 17.7 Å². The highest BCUT2D eigenvalue weighted by Gasteiger charge is 2.57. The van der Waals surface area contributed by atoms with Crippen LogP contribution in [0, 0.1) is 5.92 Å². The molecule has 4 heterocycles. The van der Waals surface area contributed by atoms with Gasteiger partial charge >= 0.3 is 11.0 Å². The van der Waals surface area contributed by atoms with Crippen molar-refractivity contribution in [1.82, 2.24) is 4.57 Å². The molecule has 2 aromatic carbocycles. The number of aromatic nitrogens is 1. The molecule has 3 atom stereocenters. The van der Waals surface area contributed by atoms with Crippen LogP contribution in [0.25, 0.3) is 0 Å². The quantitative estimate of drug-likeness (QED) is 0.238. The number of amides is 3. The molecule has 2 unspecified atom stereocenters. The highest BCUT2D eigenvalue weighted by Crippen LogP contribution is 2.54. The average molecular weight is 671 g/mol. The summed E-state index contributed by atoms with van der Waals surface area (Å²) in [6, 6.07) is 12.1. The molecular weight excluding hydrogens is 654 g/mol. The van der Waals surface area contributed by atoms with Gasteiger partial charge in [-0.05, 0) is 47.8 Å². The number of alkyl halides is 3. The van der Waals surface area contributed by atoms with Gasteiger partial charge in [0.05, 0.1) is 32.2 Å². The van der Waals surface area contributed by atoms with Gasteiger partial charge in [0.25, 0.3) is 0 Å². The Labute approximate surface area is 257 Å². The number of hydrogen-bond donors (Lipinski definition) is 1. The number of carbonyl (C=O) groups excluding carboxylic acids is 3. The lowest BCUT2D eigenvalue weighted by molar-refractivity contribution is -0.137. The van der Waals surface area contributed by atoms with Crippen molar-refractivity contribution in [3.05, 3.63) is 95.0 Å². The Morgan fingerprint density at radius 3 is 2.45 bits per heavy atom. The summed E-state index contributed by atoms with van der Waals surface area (Å²) in [6.07, 6.45) is -4.67. The molecule has 2 aromatic heterocycles. The van der Waals surface area contributed by atoms with Crippen molar-refractivity contribution < 1.29 is 27.6 Å². The number of carbonyl (C=O) groups is 3. The van der Waals surface area contributed by atoms with Crippen LogP contribution in [0.1, 0.15) is 21.2 Å². The van der Waals surface area contributed by atoms with Crippen LogP contribution >= 0.6 is 57.6 Å². The largest absolute Gasteiger partial charge is 0.416 e. The molecule has 42 heavy (non-hydrogen) atoms. The second-order valence-corrected chi connectivity index (χ2v) is 13.3. The molecule has 3 amide bonds. The van der Waals surface area contributed by atoms with E-state index in [2.05, 4.69) is 5.32 Å². The zero-order valence-electron chi connectivity index (χ0n) is 20.9. The molecule has 1 saturated heterocycles. The van der Waals surface area contributed by atoms with Crippen LogP contribution in [0.15, 0.2) is 69.8 Å². The third-order valence-electron chi connectivity index (χ3n) is 6.84. The van der Waals surface area contributed by atoms with Crippen molar-refractivity contribution in [2.75, 3.05) is 10.2 Å². The van der Waals surface area contributed by atoms with Crippen molar-refractivity contribution in [3.8, 4) is 0 Å². The van der Waals surface area contributed by atoms with Crippen molar-refractivity contribution in [2.24, 2.45) is 5.92 Å². The van der Waals surface area contributed by atoms with E-state index in [-0.39, 0.29) is 17.3 Å². The molecule has 0 aliphatic carbocycles. The first kappa shape index (κ1) is 29.0. The smallest absolute Gasteiger partial charge is 0.324 e. The molecule has 2 aliphatic heterocycles. The third-order valence-corrected chi connectivity index (χ3v) is 11.1. The summed E-state index contributed by atoms with van der Waals surface area (Å²) < 4.78 is 41.5. The van der Waals surface area contributed by atoms with E-state index in [1.54, 1.807) is 23.6 Å². The van der Waals surface area contributed by atoms with Gasteiger partial charge in [-0.15, -0.1) is 11.3 Å². The minimum Gasteiger partial charge on any atom is -0.324 e. The number of hydrogen-bond acceptors (Lipinski definition) is 7. The number of thiophene rings is 1. The Morgan fingerprint density at radius 1 is 0.976 bits per heavy atom. The molecule has 0 saturated carbocycles. The second kappa shape index (κ2) is 10.9. The number of imide groups is 1. The van der Waals surface area contributed by atoms with Crippen molar-refractivity contribution in [3.63, 3.8) is 0 Å². The molecule has 0 spiro atoms. The number of thioether (sulfide) groups is 1. The van der Waals surface area contributed by atoms with Crippen LogP contribution in [0.4, 0.5) is 24.5 Å². The van der Waals surface area contributed by atoms with Gasteiger partial charge in [0, 0.05) is 21.4 Å². The molecule has 0 radical (unpaired) electrons. The van der Waals surface area contributed by atoms with Crippen LogP contribution in [0.2, 0.25) is 10.0 Å². The van der Waals surface area contributed by atoms with Gasteiger partial charge < -0.3 is 5.32 Å². The zero-order chi connectivity index (χ0) is 29.9. The average Bonchev–Trinajstić information content (AvgIpc) is 3.63. The molecule has 1 fully saturated rings. The Morgan fingerprint density at radius 2 is 1.76 bits per heavy atom. The standard InChI is InChI=1S/C27H16Cl2F3N3O4S3/c28-15-7-6-13(10-16(15)29)33-18(36)11-34-25-22(42-26(34)39)19(17-5-2-8-40-17)20-21(41-25)24(38)35(23(20)37)14-4-1-3-12(9-14)27(30,31)32/h1-10,19-21H,11H2,(H,33,36)/t19-,20?,21?/m1/s1. The van der Waals surface area contributed by atoms with Gasteiger partial charge in [-0.1, -0.05) is 58.4 Å². The lowest BCUT2D eigenvalue weighted by Gasteiger charge is -2.29. The first-order chi connectivity index (χ1) is 19.9. The Balaban J connectivity index is 1.37. The predicted molar refractivity (Wildman–Crippen MR) is 157 cm³/mol. The van der Waals surface area contributed by atoms with E-state index in [1.165, 1.54) is 34.1 Å². The fourth-order valence-corrected chi connectivity index (χ4v) is 9.04. The molecule has 0 bridgehead atoms. The number of halogens is 5. The SMILES string of the molecule is O=C(Cn1c2c(sc1=O)[C@H](c1cccs1)C1C(=O)N(c3cccc(C(F)(F)F)c3)C(=O)C1S2)Nc1ccc(Cl)c(Cl)c1. The molecular formula is C27H16Cl2F3N3O4S3. The molecule has 2 aliphatic rings. The number of rotatable bonds is 5. The van der Waals surface area contributed by atoms with Gasteiger partial charge in [-0.3, -0.25) is 23.7 Å². The molecule has 15 heteroatoms. The highest BCUT2D eigenvalue weighted by molar-refractivity contribution is 8.00. The topological polar surface area (TPSA) is 88.5 Å². The van der Waals surface area contributed by atoms with Crippen molar-refractivity contribution in [1.29, 1.82) is 0 Å². The summed E-state index contributed by atoms with van der Waals surface area (Å²) in [7, 11) is 0. The zero-order valence-corrected chi connectivity index (χ0v) is 24.8. The first-order valence-corrected chi connectivity index (χ1v) is 15.5. The maximum atomic E-state index is 13.8. The maximum Gasteiger partial charge on any atom is 0.416 e. The molecule has 1 N–H and O–H groups in total. The predicted octanol–water partition coefficient (Wildman–Crippen LogP) is 6.73. The lowest BCUT2D eigenvalue weighted by Crippen LogP contribution is -2.32. The third kappa shape index (κ3) is 5.06. The van der Waals surface area contributed by atoms with Gasteiger partial charge in [-0.25, -0.2) is 4.90 Å². The van der Waals surface area contributed by atoms with E-state index in [0.717, 1.165) is 46.2 Å². The Kier molecular flexibility index (Phi) is 7.50. The van der Waals surface area contributed by atoms with E-state index in [0.29, 0.717) is 25.5 Å². The summed E-state index contributed by atoms with van der Waals surface area (Å²) in [6.45, 7) is -0.383. The van der Waals surface area contributed by atoms with Crippen molar-refractivity contribution in [2.45, 2.75) is 28.9 Å². The van der Waals surface area contributed by atoms with E-state index < -0.39 is 51.4 Å². The number of nitrogens with zero attached hydrogens (tertiary/aromatic N) is 2. The Hall–Kier alpha value is -3.10. The van der Waals surface area contributed by atoms with Crippen LogP contribution in [-0.4, -0.2) is 27.5 Å². The molecule has 216 valence electrons. The van der Waals surface area contributed by atoms with Crippen LogP contribution in [-0.2, 0) is 27.1 Å². The summed E-state index contributed by atoms with van der Waals surface area (Å²) in [5.74, 6) is -3.53. The van der Waals surface area contributed by atoms with Crippen LogP contribution in [0.3, 0.4) is 0 Å². The number of anilines is 2. The number of nitrogens with one attached hydrogen (secondary N) is 1. The van der Waals surface area contributed by atoms with E-state index in [9.17, 15) is 32.3 Å². The maximum absolute atomic E-state index is 13.8. The fourth-order valence-electron chi connectivity index (χ4n) is 5.02. The van der Waals surface area contributed by atoms with Gasteiger partial charge in [0.1, 0.15) is 11.8 Å². The Bertz CT molecular complexity index is 1810. The highest BCUT2D eigenvalue weighted by atomic mass is 35.5. The van der Waals surface area contributed by atoms with Crippen LogP contribution < -0.4 is 15.1 Å². The van der Waals surface area contributed by atoms with Gasteiger partial charge in [-0.2, -0.15) is 13.2 Å². The second-order valence-electron chi connectivity index (χ2n) is 9.42. The molecule has 7 nitrogen and oxygen atoms in total. The molecule has 6 rings (SSSR count). The summed E-state index contributed by atoms with van der Waals surface area (Å²) in [5.41, 5.74) is -0.801. The van der Waals surface area contributed by atoms with Crippen LogP contribution in [0.5, 0.6) is 0 Å². The number of benzene rings is 2. The van der Waals surface area contributed by atoms with Gasteiger partial charge in [0.15, 0.2) is 0 Å². The minimum atomic E-state index is -4.67. The number of fused-ring (bicyclic) bond motifs is 2. The lowest BCUT2D eigenvalue weighted by atomic mass is 9.87. The summed E-state index contributed by atoms with van der Waals surface area (Å²) in [5, 5.41) is 4.33. The van der Waals surface area contributed by atoms with E-state index in [4.69, 9.17) is 23.2 Å². The van der Waals surface area contributed by atoms with E-state index >= 15 is 0 Å². The minimum absolute atomic E-state index is 0.179. The fraction of sp³-hybridized carbons (Fsp3) is 0.185. The monoisotopic (exact) mass is 669 g/mol. The molecule has 4 aromatic rings. The normalized spacial score (nSPS) is 20.0. The van der Waals surface area contributed by atoms with Crippen molar-refractivity contribution >= 4 is 86.7 Å². The van der Waals surface area contributed by atoms with E-state index in [1.807, 2.05) is 0 Å². The summed E-state index contributed by atoms with van der Waals surface area (Å²) in [4.78, 5) is 55.2. The summed E-state index contributed by atoms with van der Waals surface area (Å²) >= 11 is 15.1. The first-order valence-electron chi connectivity index (χ1n) is 12.2. The number of thiazole rings is 1.